The SMILES string of the molecule is CCCCCNc1ccc(NC2CCC(=O)NC2=O)cc1F. The van der Waals surface area contributed by atoms with Crippen LogP contribution in [0.5, 0.6) is 0 Å². The summed E-state index contributed by atoms with van der Waals surface area (Å²) in [6, 6.07) is 4.26. The highest BCUT2D eigenvalue weighted by atomic mass is 19.1. The summed E-state index contributed by atoms with van der Waals surface area (Å²) in [5.74, 6) is -0.979. The Bertz CT molecular complexity index is 548. The normalized spacial score (nSPS) is 18.0. The zero-order valence-electron chi connectivity index (χ0n) is 12.7. The van der Waals surface area contributed by atoms with Gasteiger partial charge in [-0.3, -0.25) is 14.9 Å². The Hall–Kier alpha value is -2.11. The number of halogens is 1. The van der Waals surface area contributed by atoms with Crippen molar-refractivity contribution in [2.75, 3.05) is 17.2 Å². The van der Waals surface area contributed by atoms with Crippen LogP contribution in [0.15, 0.2) is 18.2 Å². The standard InChI is InChI=1S/C16H22FN3O2/c1-2-3-4-9-18-13-6-5-11(10-12(13)17)19-14-7-8-15(21)20-16(14)22/h5-6,10,14,18-19H,2-4,7-9H2,1H3,(H,20,21,22). The molecule has 3 N–H and O–H groups in total. The van der Waals surface area contributed by atoms with Crippen LogP contribution >= 0.6 is 0 Å². The van der Waals surface area contributed by atoms with Crippen molar-refractivity contribution in [2.24, 2.45) is 0 Å². The van der Waals surface area contributed by atoms with E-state index in [-0.39, 0.29) is 17.6 Å². The second kappa shape index (κ2) is 7.77. The van der Waals surface area contributed by atoms with E-state index in [0.717, 1.165) is 25.8 Å². The molecule has 5 nitrogen and oxygen atoms in total. The maximum absolute atomic E-state index is 14.0. The number of anilines is 2. The molecule has 1 fully saturated rings. The van der Waals surface area contributed by atoms with Crippen molar-refractivity contribution in [2.45, 2.75) is 45.1 Å². The van der Waals surface area contributed by atoms with Gasteiger partial charge in [-0.1, -0.05) is 19.8 Å². The first-order valence-electron chi connectivity index (χ1n) is 7.74. The van der Waals surface area contributed by atoms with Crippen molar-refractivity contribution >= 4 is 23.2 Å². The van der Waals surface area contributed by atoms with Crippen molar-refractivity contribution in [3.8, 4) is 0 Å². The molecule has 0 saturated carbocycles. The summed E-state index contributed by atoms with van der Waals surface area (Å²) in [5.41, 5.74) is 0.996. The van der Waals surface area contributed by atoms with Crippen molar-refractivity contribution in [1.29, 1.82) is 0 Å². The minimum atomic E-state index is -0.500. The van der Waals surface area contributed by atoms with E-state index in [9.17, 15) is 14.0 Å². The molecule has 0 bridgehead atoms. The van der Waals surface area contributed by atoms with Gasteiger partial charge < -0.3 is 10.6 Å². The molecular weight excluding hydrogens is 285 g/mol. The summed E-state index contributed by atoms with van der Waals surface area (Å²) in [5, 5.41) is 8.30. The van der Waals surface area contributed by atoms with Crippen LogP contribution in [0.25, 0.3) is 0 Å². The molecule has 2 rings (SSSR count). The number of hydrogen-bond donors (Lipinski definition) is 3. The van der Waals surface area contributed by atoms with Crippen LogP contribution < -0.4 is 16.0 Å². The Morgan fingerprint density at radius 3 is 2.82 bits per heavy atom. The molecule has 1 atom stereocenters. The van der Waals surface area contributed by atoms with Crippen LogP contribution in [-0.2, 0) is 9.59 Å². The highest BCUT2D eigenvalue weighted by Gasteiger charge is 2.26. The van der Waals surface area contributed by atoms with Crippen molar-refractivity contribution in [3.63, 3.8) is 0 Å². The predicted molar refractivity (Wildman–Crippen MR) is 84.2 cm³/mol. The van der Waals surface area contributed by atoms with E-state index in [0.29, 0.717) is 24.2 Å². The number of imide groups is 1. The number of unbranched alkanes of at least 4 members (excludes halogenated alkanes) is 2. The monoisotopic (exact) mass is 307 g/mol. The van der Waals surface area contributed by atoms with Gasteiger partial charge in [0.15, 0.2) is 0 Å². The molecule has 6 heteroatoms. The van der Waals surface area contributed by atoms with E-state index < -0.39 is 6.04 Å². The predicted octanol–water partition coefficient (Wildman–Crippen LogP) is 2.64. The van der Waals surface area contributed by atoms with Gasteiger partial charge in [-0.05, 0) is 31.0 Å². The topological polar surface area (TPSA) is 70.2 Å². The van der Waals surface area contributed by atoms with Crippen LogP contribution in [0, 0.1) is 5.82 Å². The van der Waals surface area contributed by atoms with E-state index in [2.05, 4.69) is 22.9 Å². The summed E-state index contributed by atoms with van der Waals surface area (Å²) in [6.45, 7) is 2.86. The fraction of sp³-hybridized carbons (Fsp3) is 0.500. The van der Waals surface area contributed by atoms with E-state index >= 15 is 0 Å². The molecule has 0 radical (unpaired) electrons. The van der Waals surface area contributed by atoms with Gasteiger partial charge in [-0.25, -0.2) is 4.39 Å². The Labute approximate surface area is 129 Å². The maximum Gasteiger partial charge on any atom is 0.249 e. The van der Waals surface area contributed by atoms with Crippen molar-refractivity contribution in [3.05, 3.63) is 24.0 Å². The molecule has 1 saturated heterocycles. The quantitative estimate of drug-likeness (QED) is 0.535. The number of nitrogens with one attached hydrogen (secondary N) is 3. The van der Waals surface area contributed by atoms with Gasteiger partial charge in [0.2, 0.25) is 11.8 Å². The summed E-state index contributed by atoms with van der Waals surface area (Å²) in [7, 11) is 0. The Morgan fingerprint density at radius 1 is 1.32 bits per heavy atom. The molecule has 22 heavy (non-hydrogen) atoms. The van der Waals surface area contributed by atoms with E-state index in [1.165, 1.54) is 6.07 Å². The molecule has 1 aromatic carbocycles. The molecule has 1 aliphatic rings. The fourth-order valence-electron chi connectivity index (χ4n) is 2.38. The van der Waals surface area contributed by atoms with Crippen molar-refractivity contribution < 1.29 is 14.0 Å². The molecule has 120 valence electrons. The third-order valence-corrected chi connectivity index (χ3v) is 3.64. The maximum atomic E-state index is 14.0. The van der Waals surface area contributed by atoms with Gasteiger partial charge in [-0.2, -0.15) is 0 Å². The molecule has 1 aliphatic heterocycles. The number of piperidine rings is 1. The summed E-state index contributed by atoms with van der Waals surface area (Å²) >= 11 is 0. The summed E-state index contributed by atoms with van der Waals surface area (Å²) in [4.78, 5) is 22.8. The molecule has 1 aromatic rings. The van der Waals surface area contributed by atoms with Crippen LogP contribution in [-0.4, -0.2) is 24.4 Å². The lowest BCUT2D eigenvalue weighted by Gasteiger charge is -2.23. The number of carbonyl (C=O) groups excluding carboxylic acids is 2. The average Bonchev–Trinajstić information content (AvgIpc) is 2.48. The van der Waals surface area contributed by atoms with Gasteiger partial charge in [0.05, 0.1) is 5.69 Å². The lowest BCUT2D eigenvalue weighted by molar-refractivity contribution is -0.133. The third-order valence-electron chi connectivity index (χ3n) is 3.64. The van der Waals surface area contributed by atoms with E-state index in [1.54, 1.807) is 12.1 Å². The molecule has 0 aliphatic carbocycles. The Morgan fingerprint density at radius 2 is 2.14 bits per heavy atom. The lowest BCUT2D eigenvalue weighted by atomic mass is 10.1. The van der Waals surface area contributed by atoms with E-state index in [4.69, 9.17) is 0 Å². The average molecular weight is 307 g/mol. The lowest BCUT2D eigenvalue weighted by Crippen LogP contribution is -2.47. The zero-order chi connectivity index (χ0) is 15.9. The number of benzene rings is 1. The number of rotatable bonds is 7. The molecule has 2 amide bonds. The highest BCUT2D eigenvalue weighted by Crippen LogP contribution is 2.21. The van der Waals surface area contributed by atoms with Gasteiger partial charge in [-0.15, -0.1) is 0 Å². The smallest absolute Gasteiger partial charge is 0.249 e. The van der Waals surface area contributed by atoms with Crippen LogP contribution in [0.1, 0.15) is 39.0 Å². The second-order valence-electron chi connectivity index (χ2n) is 5.48. The largest absolute Gasteiger partial charge is 0.383 e. The Kier molecular flexibility index (Phi) is 5.75. The first-order valence-corrected chi connectivity index (χ1v) is 7.74. The second-order valence-corrected chi connectivity index (χ2v) is 5.48. The Balaban J connectivity index is 1.91. The van der Waals surface area contributed by atoms with Gasteiger partial charge in [0, 0.05) is 18.7 Å². The molecule has 0 spiro atoms. The minimum absolute atomic E-state index is 0.263. The molecule has 0 aromatic heterocycles. The van der Waals surface area contributed by atoms with E-state index in [1.807, 2.05) is 0 Å². The van der Waals surface area contributed by atoms with Crippen LogP contribution in [0.4, 0.5) is 15.8 Å². The van der Waals surface area contributed by atoms with Gasteiger partial charge in [0.25, 0.3) is 0 Å². The van der Waals surface area contributed by atoms with Crippen molar-refractivity contribution in [1.82, 2.24) is 5.32 Å². The molecule has 1 heterocycles. The molecule has 1 unspecified atom stereocenters. The molecular formula is C16H22FN3O2. The highest BCUT2D eigenvalue weighted by molar-refractivity contribution is 6.01. The van der Waals surface area contributed by atoms with Gasteiger partial charge in [0.1, 0.15) is 11.9 Å². The first kappa shape index (κ1) is 16.3. The summed E-state index contributed by atoms with van der Waals surface area (Å²) < 4.78 is 14.0. The van der Waals surface area contributed by atoms with Crippen LogP contribution in [0.2, 0.25) is 0 Å². The van der Waals surface area contributed by atoms with Crippen LogP contribution in [0.3, 0.4) is 0 Å². The number of amides is 2. The number of hydrogen-bond acceptors (Lipinski definition) is 4. The minimum Gasteiger partial charge on any atom is -0.383 e. The fourth-order valence-corrected chi connectivity index (χ4v) is 2.38. The zero-order valence-corrected chi connectivity index (χ0v) is 12.7. The third kappa shape index (κ3) is 4.44. The first-order chi connectivity index (χ1) is 10.6. The van der Waals surface area contributed by atoms with Gasteiger partial charge >= 0.3 is 0 Å². The summed E-state index contributed by atoms with van der Waals surface area (Å²) in [6.07, 6.45) is 3.96. The number of carbonyl (C=O) groups is 2.